The van der Waals surface area contributed by atoms with Crippen LogP contribution in [0.25, 0.3) is 0 Å². The smallest absolute Gasteiger partial charge is 0.226 e. The summed E-state index contributed by atoms with van der Waals surface area (Å²) in [6.45, 7) is 3.13. The lowest BCUT2D eigenvalue weighted by Crippen LogP contribution is -2.28. The van der Waals surface area contributed by atoms with Crippen LogP contribution in [0, 0.1) is 11.7 Å². The van der Waals surface area contributed by atoms with Gasteiger partial charge in [-0.25, -0.2) is 4.39 Å². The lowest BCUT2D eigenvalue weighted by Gasteiger charge is -2.18. The van der Waals surface area contributed by atoms with E-state index in [9.17, 15) is 9.18 Å². The second kappa shape index (κ2) is 7.04. The maximum absolute atomic E-state index is 13.8. The Bertz CT molecular complexity index is 714. The summed E-state index contributed by atoms with van der Waals surface area (Å²) < 4.78 is 19.2. The predicted molar refractivity (Wildman–Crippen MR) is 91.3 cm³/mol. The Morgan fingerprint density at radius 1 is 1.21 bits per heavy atom. The number of amides is 1. The third kappa shape index (κ3) is 3.58. The highest BCUT2D eigenvalue weighted by Gasteiger charge is 2.46. The van der Waals surface area contributed by atoms with Crippen LogP contribution in [0.4, 0.5) is 4.39 Å². The first-order chi connectivity index (χ1) is 11.6. The zero-order chi connectivity index (χ0) is 17.1. The molecule has 1 aliphatic rings. The van der Waals surface area contributed by atoms with Crippen molar-refractivity contribution >= 4 is 5.91 Å². The van der Waals surface area contributed by atoms with Crippen molar-refractivity contribution < 1.29 is 13.9 Å². The molecule has 2 atom stereocenters. The van der Waals surface area contributed by atoms with Crippen molar-refractivity contribution in [1.82, 2.24) is 4.90 Å². The number of benzene rings is 2. The quantitative estimate of drug-likeness (QED) is 0.803. The van der Waals surface area contributed by atoms with E-state index in [2.05, 4.69) is 0 Å². The number of halogens is 1. The number of nitrogens with zero attached hydrogens (tertiary/aromatic N) is 1. The molecule has 0 aliphatic heterocycles. The van der Waals surface area contributed by atoms with Crippen LogP contribution in [-0.4, -0.2) is 24.5 Å². The van der Waals surface area contributed by atoms with E-state index in [-0.39, 0.29) is 23.6 Å². The molecule has 0 radical (unpaired) electrons. The van der Waals surface area contributed by atoms with Crippen molar-refractivity contribution in [2.24, 2.45) is 5.92 Å². The maximum Gasteiger partial charge on any atom is 0.226 e. The van der Waals surface area contributed by atoms with Crippen LogP contribution in [-0.2, 0) is 11.3 Å². The predicted octanol–water partition coefficient (Wildman–Crippen LogP) is 3.99. The number of ether oxygens (including phenoxy) is 1. The SMILES string of the molecule is CCOc1ccc(CN(C)C(=O)C2CC2c2ccccc2F)cc1. The molecule has 2 aromatic carbocycles. The van der Waals surface area contributed by atoms with E-state index in [0.29, 0.717) is 18.7 Å². The largest absolute Gasteiger partial charge is 0.494 e. The van der Waals surface area contributed by atoms with Gasteiger partial charge in [-0.3, -0.25) is 4.79 Å². The molecule has 1 amide bonds. The molecule has 0 spiro atoms. The summed E-state index contributed by atoms with van der Waals surface area (Å²) >= 11 is 0. The molecule has 0 saturated heterocycles. The van der Waals surface area contributed by atoms with E-state index < -0.39 is 0 Å². The van der Waals surface area contributed by atoms with Crippen molar-refractivity contribution in [1.29, 1.82) is 0 Å². The van der Waals surface area contributed by atoms with Crippen LogP contribution >= 0.6 is 0 Å². The van der Waals surface area contributed by atoms with Gasteiger partial charge in [-0.1, -0.05) is 30.3 Å². The molecule has 1 saturated carbocycles. The second-order valence-electron chi connectivity index (χ2n) is 6.24. The van der Waals surface area contributed by atoms with Gasteiger partial charge in [0, 0.05) is 19.5 Å². The molecule has 126 valence electrons. The number of carbonyl (C=O) groups excluding carboxylic acids is 1. The fraction of sp³-hybridized carbons (Fsp3) is 0.350. The lowest BCUT2D eigenvalue weighted by atomic mass is 10.1. The Labute approximate surface area is 142 Å². The minimum absolute atomic E-state index is 0.0153. The first-order valence-electron chi connectivity index (χ1n) is 8.31. The summed E-state index contributed by atoms with van der Waals surface area (Å²) in [4.78, 5) is 14.3. The Hall–Kier alpha value is -2.36. The Balaban J connectivity index is 1.59. The highest BCUT2D eigenvalue weighted by Crippen LogP contribution is 2.49. The van der Waals surface area contributed by atoms with Crippen LogP contribution in [0.3, 0.4) is 0 Å². The molecular formula is C20H22FNO2. The average Bonchev–Trinajstić information content (AvgIpc) is 3.37. The number of carbonyl (C=O) groups is 1. The van der Waals surface area contributed by atoms with Crippen LogP contribution in [0.1, 0.15) is 30.4 Å². The van der Waals surface area contributed by atoms with Crippen molar-refractivity contribution in [3.8, 4) is 5.75 Å². The summed E-state index contributed by atoms with van der Waals surface area (Å²) in [5.74, 6) is 0.609. The standard InChI is InChI=1S/C20H22FNO2/c1-3-24-15-10-8-14(9-11-15)13-22(2)20(23)18-12-17(18)16-6-4-5-7-19(16)21/h4-11,17-18H,3,12-13H2,1-2H3. The molecule has 0 N–H and O–H groups in total. The zero-order valence-electron chi connectivity index (χ0n) is 14.0. The van der Waals surface area contributed by atoms with Crippen LogP contribution in [0.2, 0.25) is 0 Å². The number of rotatable bonds is 6. The number of hydrogen-bond donors (Lipinski definition) is 0. The topological polar surface area (TPSA) is 29.5 Å². The van der Waals surface area contributed by atoms with E-state index in [0.717, 1.165) is 17.7 Å². The average molecular weight is 327 g/mol. The molecule has 1 fully saturated rings. The fourth-order valence-corrected chi connectivity index (χ4v) is 3.08. The fourth-order valence-electron chi connectivity index (χ4n) is 3.08. The monoisotopic (exact) mass is 327 g/mol. The van der Waals surface area contributed by atoms with Gasteiger partial charge in [0.05, 0.1) is 6.61 Å². The van der Waals surface area contributed by atoms with E-state index in [1.165, 1.54) is 6.07 Å². The van der Waals surface area contributed by atoms with Crippen molar-refractivity contribution in [2.75, 3.05) is 13.7 Å². The first kappa shape index (κ1) is 16.5. The molecule has 2 unspecified atom stereocenters. The van der Waals surface area contributed by atoms with Gasteiger partial charge in [0.1, 0.15) is 11.6 Å². The zero-order valence-corrected chi connectivity index (χ0v) is 14.0. The van der Waals surface area contributed by atoms with Gasteiger partial charge >= 0.3 is 0 Å². The molecule has 0 aromatic heterocycles. The third-order valence-electron chi connectivity index (χ3n) is 4.44. The normalized spacial score (nSPS) is 19.0. The van der Waals surface area contributed by atoms with Gasteiger partial charge in [0.25, 0.3) is 0 Å². The van der Waals surface area contributed by atoms with Crippen molar-refractivity contribution in [3.63, 3.8) is 0 Å². The van der Waals surface area contributed by atoms with Gasteiger partial charge in [-0.15, -0.1) is 0 Å². The van der Waals surface area contributed by atoms with Crippen molar-refractivity contribution in [2.45, 2.75) is 25.8 Å². The van der Waals surface area contributed by atoms with Gasteiger partial charge in [-0.05, 0) is 48.6 Å². The Morgan fingerprint density at radius 2 is 1.92 bits per heavy atom. The van der Waals surface area contributed by atoms with Gasteiger partial charge in [-0.2, -0.15) is 0 Å². The Kier molecular flexibility index (Phi) is 4.84. The number of hydrogen-bond acceptors (Lipinski definition) is 2. The molecule has 24 heavy (non-hydrogen) atoms. The molecule has 3 nitrogen and oxygen atoms in total. The lowest BCUT2D eigenvalue weighted by molar-refractivity contribution is -0.131. The summed E-state index contributed by atoms with van der Waals surface area (Å²) in [6, 6.07) is 14.5. The minimum Gasteiger partial charge on any atom is -0.494 e. The third-order valence-corrected chi connectivity index (χ3v) is 4.44. The van der Waals surface area contributed by atoms with Gasteiger partial charge in [0.2, 0.25) is 5.91 Å². The van der Waals surface area contributed by atoms with E-state index in [1.807, 2.05) is 37.3 Å². The highest BCUT2D eigenvalue weighted by molar-refractivity contribution is 5.82. The highest BCUT2D eigenvalue weighted by atomic mass is 19.1. The summed E-state index contributed by atoms with van der Waals surface area (Å²) in [6.07, 6.45) is 0.730. The molecule has 1 aliphatic carbocycles. The molecule has 2 aromatic rings. The van der Waals surface area contributed by atoms with Gasteiger partial charge < -0.3 is 9.64 Å². The summed E-state index contributed by atoms with van der Waals surface area (Å²) in [5, 5.41) is 0. The molecular weight excluding hydrogens is 305 g/mol. The van der Waals surface area contributed by atoms with Crippen LogP contribution in [0.15, 0.2) is 48.5 Å². The molecule has 3 rings (SSSR count). The first-order valence-corrected chi connectivity index (χ1v) is 8.31. The van der Waals surface area contributed by atoms with Crippen molar-refractivity contribution in [3.05, 3.63) is 65.5 Å². The minimum atomic E-state index is -0.216. The molecule has 0 heterocycles. The van der Waals surface area contributed by atoms with E-state index in [1.54, 1.807) is 24.1 Å². The van der Waals surface area contributed by atoms with E-state index >= 15 is 0 Å². The van der Waals surface area contributed by atoms with E-state index in [4.69, 9.17) is 4.74 Å². The Morgan fingerprint density at radius 3 is 2.58 bits per heavy atom. The van der Waals surface area contributed by atoms with Crippen LogP contribution < -0.4 is 4.74 Å². The second-order valence-corrected chi connectivity index (χ2v) is 6.24. The van der Waals surface area contributed by atoms with Gasteiger partial charge in [0.15, 0.2) is 0 Å². The van der Waals surface area contributed by atoms with Crippen LogP contribution in [0.5, 0.6) is 5.75 Å². The molecule has 4 heteroatoms. The summed E-state index contributed by atoms with van der Waals surface area (Å²) in [5.41, 5.74) is 1.71. The maximum atomic E-state index is 13.8. The molecule has 0 bridgehead atoms. The summed E-state index contributed by atoms with van der Waals surface area (Å²) in [7, 11) is 1.80.